The largest absolute Gasteiger partial charge is 0.309 e. The number of hydrogen-bond donors (Lipinski definition) is 0. The van der Waals surface area contributed by atoms with E-state index in [-0.39, 0.29) is 0 Å². The number of hydrogen-bond acceptors (Lipinski definition) is 0. The Labute approximate surface area is 407 Å². The normalized spacial score (nSPS) is 12.0. The van der Waals surface area contributed by atoms with Gasteiger partial charge in [0.05, 0.1) is 33.1 Å². The molecule has 0 amide bonds. The van der Waals surface area contributed by atoms with Crippen LogP contribution in [0.25, 0.3) is 93.6 Å². The highest BCUT2D eigenvalue weighted by Crippen LogP contribution is 2.40. The first-order valence-corrected chi connectivity index (χ1v) is 26.2. The molecule has 0 aliphatic rings. The number of aromatic nitrogens is 3. The number of nitrogens with zero attached hydrogens (tertiary/aromatic N) is 3. The topological polar surface area (TPSA) is 14.8 Å². The first-order valence-electron chi connectivity index (χ1n) is 24.2. The average molecular weight is 908 g/mol. The third-order valence-electron chi connectivity index (χ3n) is 14.8. The Morgan fingerprint density at radius 3 is 1.07 bits per heavy atom. The minimum absolute atomic E-state index is 1.15. The molecule has 11 aromatic carbocycles. The minimum Gasteiger partial charge on any atom is -0.309 e. The van der Waals surface area contributed by atoms with Gasteiger partial charge in [-0.25, -0.2) is 0 Å². The van der Waals surface area contributed by atoms with E-state index in [4.69, 9.17) is 0 Å². The van der Waals surface area contributed by atoms with Gasteiger partial charge in [0.15, 0.2) is 8.07 Å². The standard InChI is InChI=1S/C66H45N3Si/c1-5-20-48(21-6-1)67-61-33-16-13-30-55(61)58-42-47(38-41-64(58)67)46-36-39-53(40-37-46)70(51-25-9-3-10-26-51,52-27-11-4-12-28-52)54-29-19-24-50(43-54)69-63-35-18-15-32-57(63)60-44-65-59(45-66(60)69)56-31-14-17-34-62(56)68(65)49-22-7-2-8-23-49/h1-45H. The van der Waals surface area contributed by atoms with Crippen LogP contribution in [0.4, 0.5) is 0 Å². The van der Waals surface area contributed by atoms with Gasteiger partial charge in [-0.1, -0.05) is 194 Å². The molecule has 70 heavy (non-hydrogen) atoms. The smallest absolute Gasteiger partial charge is 0.179 e. The molecule has 14 aromatic rings. The second-order valence-electron chi connectivity index (χ2n) is 18.5. The molecular weight excluding hydrogens is 863 g/mol. The molecule has 0 atom stereocenters. The predicted octanol–water partition coefficient (Wildman–Crippen LogP) is 14.0. The summed E-state index contributed by atoms with van der Waals surface area (Å²) in [5.41, 5.74) is 13.1. The number of fused-ring (bicyclic) bond motifs is 9. The molecule has 0 N–H and O–H groups in total. The van der Waals surface area contributed by atoms with Gasteiger partial charge in [-0.15, -0.1) is 0 Å². The molecule has 3 nitrogen and oxygen atoms in total. The zero-order valence-electron chi connectivity index (χ0n) is 38.3. The summed E-state index contributed by atoms with van der Waals surface area (Å²) >= 11 is 0. The van der Waals surface area contributed by atoms with Crippen molar-refractivity contribution in [3.63, 3.8) is 0 Å². The van der Waals surface area contributed by atoms with Gasteiger partial charge in [-0.3, -0.25) is 0 Å². The Morgan fingerprint density at radius 1 is 0.200 bits per heavy atom. The molecular formula is C66H45N3Si. The molecule has 0 aliphatic carbocycles. The average Bonchev–Trinajstić information content (AvgIpc) is 4.07. The molecule has 0 saturated carbocycles. The fourth-order valence-corrected chi connectivity index (χ4v) is 16.5. The van der Waals surface area contributed by atoms with Gasteiger partial charge in [-0.2, -0.15) is 0 Å². The quantitative estimate of drug-likeness (QED) is 0.107. The molecule has 0 bridgehead atoms. The molecule has 0 saturated heterocycles. The molecule has 3 aromatic heterocycles. The summed E-state index contributed by atoms with van der Waals surface area (Å²) in [6.45, 7) is 0. The Balaban J connectivity index is 0.966. The highest BCUT2D eigenvalue weighted by molar-refractivity contribution is 7.19. The second-order valence-corrected chi connectivity index (χ2v) is 22.3. The molecule has 0 unspecified atom stereocenters. The first-order chi connectivity index (χ1) is 34.7. The van der Waals surface area contributed by atoms with E-state index in [9.17, 15) is 0 Å². The Bertz CT molecular complexity index is 4220. The summed E-state index contributed by atoms with van der Waals surface area (Å²) in [6, 6.07) is 101. The summed E-state index contributed by atoms with van der Waals surface area (Å²) in [5, 5.41) is 12.8. The fourth-order valence-electron chi connectivity index (χ4n) is 11.7. The van der Waals surface area contributed by atoms with E-state index >= 15 is 0 Å². The van der Waals surface area contributed by atoms with Crippen molar-refractivity contribution in [2.45, 2.75) is 0 Å². The summed E-state index contributed by atoms with van der Waals surface area (Å²) in [5.74, 6) is 0. The molecule has 3 heterocycles. The monoisotopic (exact) mass is 907 g/mol. The van der Waals surface area contributed by atoms with Gasteiger partial charge in [-0.05, 0) is 111 Å². The van der Waals surface area contributed by atoms with Crippen molar-refractivity contribution in [1.82, 2.24) is 13.7 Å². The lowest BCUT2D eigenvalue weighted by Gasteiger charge is -2.35. The first kappa shape index (κ1) is 40.1. The van der Waals surface area contributed by atoms with E-state index in [1.165, 1.54) is 103 Å². The van der Waals surface area contributed by atoms with Gasteiger partial charge in [0, 0.05) is 49.4 Å². The lowest BCUT2D eigenvalue weighted by Crippen LogP contribution is -2.74. The predicted molar refractivity (Wildman–Crippen MR) is 299 cm³/mol. The maximum atomic E-state index is 2.51. The highest BCUT2D eigenvalue weighted by Gasteiger charge is 2.41. The lowest BCUT2D eigenvalue weighted by atomic mass is 10.0. The molecule has 0 aliphatic heterocycles. The van der Waals surface area contributed by atoms with E-state index < -0.39 is 8.07 Å². The van der Waals surface area contributed by atoms with Crippen molar-refractivity contribution in [2.75, 3.05) is 0 Å². The maximum absolute atomic E-state index is 2.95. The van der Waals surface area contributed by atoms with Crippen LogP contribution in [0.1, 0.15) is 0 Å². The summed E-state index contributed by atoms with van der Waals surface area (Å²) < 4.78 is 7.31. The van der Waals surface area contributed by atoms with Crippen LogP contribution < -0.4 is 20.7 Å². The summed E-state index contributed by atoms with van der Waals surface area (Å²) in [6.07, 6.45) is 0. The van der Waals surface area contributed by atoms with Crippen LogP contribution in [-0.2, 0) is 0 Å². The van der Waals surface area contributed by atoms with Crippen LogP contribution in [0.5, 0.6) is 0 Å². The zero-order chi connectivity index (χ0) is 46.2. The Morgan fingerprint density at radius 2 is 0.557 bits per heavy atom. The summed E-state index contributed by atoms with van der Waals surface area (Å²) in [4.78, 5) is 0. The van der Waals surface area contributed by atoms with Crippen molar-refractivity contribution in [3.8, 4) is 28.2 Å². The third kappa shape index (κ3) is 6.07. The van der Waals surface area contributed by atoms with E-state index in [1.807, 2.05) is 0 Å². The van der Waals surface area contributed by atoms with E-state index in [0.717, 1.165) is 11.4 Å². The maximum Gasteiger partial charge on any atom is 0.179 e. The molecule has 14 rings (SSSR count). The fraction of sp³-hybridized carbons (Fsp3) is 0. The van der Waals surface area contributed by atoms with Crippen molar-refractivity contribution < 1.29 is 0 Å². The van der Waals surface area contributed by atoms with E-state index in [2.05, 4.69) is 287 Å². The summed E-state index contributed by atoms with van der Waals surface area (Å²) in [7, 11) is -2.95. The lowest BCUT2D eigenvalue weighted by molar-refractivity contribution is 1.18. The molecule has 0 spiro atoms. The Hall–Kier alpha value is -8.96. The molecule has 328 valence electrons. The van der Waals surface area contributed by atoms with Crippen molar-refractivity contribution in [3.05, 3.63) is 273 Å². The number of rotatable bonds is 8. The van der Waals surface area contributed by atoms with Crippen molar-refractivity contribution in [2.24, 2.45) is 0 Å². The van der Waals surface area contributed by atoms with Gasteiger partial charge in [0.25, 0.3) is 0 Å². The minimum atomic E-state index is -2.95. The van der Waals surface area contributed by atoms with E-state index in [0.29, 0.717) is 0 Å². The van der Waals surface area contributed by atoms with Gasteiger partial charge in [0.2, 0.25) is 0 Å². The van der Waals surface area contributed by atoms with Gasteiger partial charge < -0.3 is 13.7 Å². The molecule has 0 radical (unpaired) electrons. The molecule has 4 heteroatoms. The van der Waals surface area contributed by atoms with Crippen LogP contribution >= 0.6 is 0 Å². The third-order valence-corrected chi connectivity index (χ3v) is 19.5. The van der Waals surface area contributed by atoms with Crippen molar-refractivity contribution >= 4 is 94.2 Å². The van der Waals surface area contributed by atoms with Crippen LogP contribution in [0.15, 0.2) is 273 Å². The van der Waals surface area contributed by atoms with Crippen LogP contribution in [0.2, 0.25) is 0 Å². The van der Waals surface area contributed by atoms with Crippen molar-refractivity contribution in [1.29, 1.82) is 0 Å². The second kappa shape index (κ2) is 16.1. The van der Waals surface area contributed by atoms with Crippen LogP contribution in [-0.4, -0.2) is 21.8 Å². The highest BCUT2D eigenvalue weighted by atomic mass is 28.3. The SMILES string of the molecule is c1ccc(-n2c3ccccc3c3cc(-c4ccc([Si](c5ccccc5)(c5ccccc5)c5cccc(-n6c7ccccc7c7cc8c(cc76)c6ccccc6n8-c6ccccc6)c5)cc4)ccc32)cc1. The number of benzene rings is 11. The number of para-hydroxylation sites is 5. The van der Waals surface area contributed by atoms with Gasteiger partial charge in [0.1, 0.15) is 0 Å². The Kier molecular flexibility index (Phi) is 9.23. The van der Waals surface area contributed by atoms with Gasteiger partial charge >= 0.3 is 0 Å². The zero-order valence-corrected chi connectivity index (χ0v) is 39.3. The van der Waals surface area contributed by atoms with E-state index in [1.54, 1.807) is 0 Å². The molecule has 0 fully saturated rings. The van der Waals surface area contributed by atoms with Crippen LogP contribution in [0, 0.1) is 0 Å². The van der Waals surface area contributed by atoms with Crippen LogP contribution in [0.3, 0.4) is 0 Å².